The van der Waals surface area contributed by atoms with Crippen LogP contribution in [0.2, 0.25) is 10.0 Å². The standard InChI is InChI=1S/C15H11Cl2N3S/c16-12-5-3-6-13(8-12)20-10-18-19-15(20)21-9-11-4-1-2-7-14(11)17/h1-8,10H,9H2. The fourth-order valence-corrected chi connectivity index (χ4v) is 3.28. The maximum Gasteiger partial charge on any atom is 0.195 e. The average Bonchev–Trinajstić information content (AvgIpc) is 2.95. The van der Waals surface area contributed by atoms with Crippen LogP contribution in [0, 0.1) is 0 Å². The zero-order chi connectivity index (χ0) is 14.7. The zero-order valence-corrected chi connectivity index (χ0v) is 13.2. The van der Waals surface area contributed by atoms with Crippen molar-refractivity contribution in [3.8, 4) is 5.69 Å². The van der Waals surface area contributed by atoms with E-state index in [4.69, 9.17) is 23.2 Å². The normalized spacial score (nSPS) is 10.8. The van der Waals surface area contributed by atoms with E-state index in [-0.39, 0.29) is 0 Å². The Hall–Kier alpha value is -1.49. The summed E-state index contributed by atoms with van der Waals surface area (Å²) in [5.74, 6) is 0.735. The molecule has 0 aliphatic rings. The molecule has 0 saturated heterocycles. The van der Waals surface area contributed by atoms with Crippen molar-refractivity contribution in [2.45, 2.75) is 10.9 Å². The third-order valence-corrected chi connectivity index (χ3v) is 4.51. The third kappa shape index (κ3) is 3.40. The fourth-order valence-electron chi connectivity index (χ4n) is 1.88. The molecule has 0 unspecified atom stereocenters. The Morgan fingerprint density at radius 1 is 1.05 bits per heavy atom. The molecule has 106 valence electrons. The second kappa shape index (κ2) is 6.52. The summed E-state index contributed by atoms with van der Waals surface area (Å²) in [6, 6.07) is 15.4. The molecule has 3 rings (SSSR count). The van der Waals surface area contributed by atoms with E-state index in [0.717, 1.165) is 27.2 Å². The number of benzene rings is 2. The van der Waals surface area contributed by atoms with Gasteiger partial charge >= 0.3 is 0 Å². The lowest BCUT2D eigenvalue weighted by atomic mass is 10.2. The van der Waals surface area contributed by atoms with Gasteiger partial charge in [-0.25, -0.2) is 0 Å². The molecule has 0 N–H and O–H groups in total. The molecule has 0 aliphatic carbocycles. The third-order valence-electron chi connectivity index (χ3n) is 2.92. The van der Waals surface area contributed by atoms with Crippen LogP contribution in [0.4, 0.5) is 0 Å². The van der Waals surface area contributed by atoms with Crippen molar-refractivity contribution < 1.29 is 0 Å². The molecule has 3 nitrogen and oxygen atoms in total. The smallest absolute Gasteiger partial charge is 0.195 e. The largest absolute Gasteiger partial charge is 0.277 e. The van der Waals surface area contributed by atoms with Crippen LogP contribution in [0.25, 0.3) is 5.69 Å². The molecule has 0 bridgehead atoms. The Labute approximate surface area is 136 Å². The van der Waals surface area contributed by atoms with Crippen molar-refractivity contribution in [3.63, 3.8) is 0 Å². The van der Waals surface area contributed by atoms with E-state index in [0.29, 0.717) is 5.02 Å². The molecule has 0 aliphatic heterocycles. The molecule has 6 heteroatoms. The minimum atomic E-state index is 0.684. The van der Waals surface area contributed by atoms with Crippen molar-refractivity contribution in [1.29, 1.82) is 0 Å². The van der Waals surface area contributed by atoms with Crippen LogP contribution in [0.3, 0.4) is 0 Å². The molecule has 1 aromatic heterocycles. The number of halogens is 2. The van der Waals surface area contributed by atoms with Gasteiger partial charge in [0, 0.05) is 15.8 Å². The van der Waals surface area contributed by atoms with Crippen molar-refractivity contribution in [1.82, 2.24) is 14.8 Å². The van der Waals surface area contributed by atoms with Gasteiger partial charge in [-0.3, -0.25) is 4.57 Å². The molecule has 2 aromatic carbocycles. The van der Waals surface area contributed by atoms with Gasteiger partial charge in [0.25, 0.3) is 0 Å². The maximum atomic E-state index is 6.17. The van der Waals surface area contributed by atoms with Gasteiger partial charge in [0.2, 0.25) is 0 Å². The van der Waals surface area contributed by atoms with Gasteiger partial charge in [-0.15, -0.1) is 10.2 Å². The first-order valence-electron chi connectivity index (χ1n) is 6.26. The highest BCUT2D eigenvalue weighted by Gasteiger charge is 2.09. The SMILES string of the molecule is Clc1cccc(-n2cnnc2SCc2ccccc2Cl)c1. The Morgan fingerprint density at radius 2 is 1.90 bits per heavy atom. The highest BCUT2D eigenvalue weighted by atomic mass is 35.5. The van der Waals surface area contributed by atoms with E-state index in [9.17, 15) is 0 Å². The summed E-state index contributed by atoms with van der Waals surface area (Å²) in [5, 5.41) is 10.4. The van der Waals surface area contributed by atoms with Crippen molar-refractivity contribution >= 4 is 35.0 Å². The molecule has 0 saturated carbocycles. The van der Waals surface area contributed by atoms with Crippen molar-refractivity contribution in [2.24, 2.45) is 0 Å². The summed E-state index contributed by atoms with van der Waals surface area (Å²) in [4.78, 5) is 0. The summed E-state index contributed by atoms with van der Waals surface area (Å²) in [6.45, 7) is 0. The lowest BCUT2D eigenvalue weighted by Crippen LogP contribution is -1.95. The highest BCUT2D eigenvalue weighted by molar-refractivity contribution is 7.98. The summed E-state index contributed by atoms with van der Waals surface area (Å²) in [5.41, 5.74) is 2.01. The van der Waals surface area contributed by atoms with E-state index in [1.54, 1.807) is 18.1 Å². The molecule has 0 radical (unpaired) electrons. The fraction of sp³-hybridized carbons (Fsp3) is 0.0667. The second-order valence-corrected chi connectivity index (χ2v) is 6.13. The number of hydrogen-bond donors (Lipinski definition) is 0. The average molecular weight is 336 g/mol. The monoisotopic (exact) mass is 335 g/mol. The van der Waals surface area contributed by atoms with Crippen LogP contribution >= 0.6 is 35.0 Å². The lowest BCUT2D eigenvalue weighted by molar-refractivity contribution is 0.884. The van der Waals surface area contributed by atoms with Crippen molar-refractivity contribution in [2.75, 3.05) is 0 Å². The summed E-state index contributed by atoms with van der Waals surface area (Å²) in [7, 11) is 0. The Balaban J connectivity index is 1.82. The molecule has 21 heavy (non-hydrogen) atoms. The highest BCUT2D eigenvalue weighted by Crippen LogP contribution is 2.27. The van der Waals surface area contributed by atoms with Gasteiger partial charge in [-0.2, -0.15) is 0 Å². The van der Waals surface area contributed by atoms with Crippen LogP contribution in [0.5, 0.6) is 0 Å². The van der Waals surface area contributed by atoms with Gasteiger partial charge in [0.05, 0.1) is 5.69 Å². The lowest BCUT2D eigenvalue weighted by Gasteiger charge is -2.07. The molecule has 3 aromatic rings. The number of thioether (sulfide) groups is 1. The van der Waals surface area contributed by atoms with E-state index >= 15 is 0 Å². The maximum absolute atomic E-state index is 6.17. The van der Waals surface area contributed by atoms with Crippen LogP contribution in [0.15, 0.2) is 60.0 Å². The predicted octanol–water partition coefficient (Wildman–Crippen LogP) is 4.87. The van der Waals surface area contributed by atoms with Crippen LogP contribution in [-0.4, -0.2) is 14.8 Å². The van der Waals surface area contributed by atoms with Crippen LogP contribution < -0.4 is 0 Å². The quantitative estimate of drug-likeness (QED) is 0.637. The Bertz CT molecular complexity index is 758. The Kier molecular flexibility index (Phi) is 4.48. The minimum Gasteiger partial charge on any atom is -0.277 e. The molecule has 0 atom stereocenters. The molecule has 0 fully saturated rings. The van der Waals surface area contributed by atoms with E-state index < -0.39 is 0 Å². The zero-order valence-electron chi connectivity index (χ0n) is 10.9. The van der Waals surface area contributed by atoms with Crippen LogP contribution in [-0.2, 0) is 5.75 Å². The number of aromatic nitrogens is 3. The van der Waals surface area contributed by atoms with Gasteiger partial charge in [0.15, 0.2) is 5.16 Å². The van der Waals surface area contributed by atoms with Gasteiger partial charge in [0.1, 0.15) is 6.33 Å². The van der Waals surface area contributed by atoms with Gasteiger partial charge in [-0.1, -0.05) is 59.2 Å². The first kappa shape index (κ1) is 14.4. The summed E-state index contributed by atoms with van der Waals surface area (Å²) in [6.07, 6.45) is 1.68. The first-order valence-corrected chi connectivity index (χ1v) is 8.00. The first-order chi connectivity index (χ1) is 10.2. The van der Waals surface area contributed by atoms with Crippen LogP contribution in [0.1, 0.15) is 5.56 Å². The predicted molar refractivity (Wildman–Crippen MR) is 87.4 cm³/mol. The topological polar surface area (TPSA) is 30.7 Å². The van der Waals surface area contributed by atoms with Gasteiger partial charge in [-0.05, 0) is 29.8 Å². The van der Waals surface area contributed by atoms with Gasteiger partial charge < -0.3 is 0 Å². The van der Waals surface area contributed by atoms with E-state index in [2.05, 4.69) is 10.2 Å². The second-order valence-electron chi connectivity index (χ2n) is 4.34. The minimum absolute atomic E-state index is 0.684. The Morgan fingerprint density at radius 3 is 2.71 bits per heavy atom. The number of nitrogens with zero attached hydrogens (tertiary/aromatic N) is 3. The van der Waals surface area contributed by atoms with E-state index in [1.807, 2.05) is 53.1 Å². The van der Waals surface area contributed by atoms with E-state index in [1.165, 1.54) is 0 Å². The molecule has 0 spiro atoms. The molecular formula is C15H11Cl2N3S. The molecule has 1 heterocycles. The molecular weight excluding hydrogens is 325 g/mol. The number of hydrogen-bond acceptors (Lipinski definition) is 3. The summed E-state index contributed by atoms with van der Waals surface area (Å²) < 4.78 is 1.91. The molecule has 0 amide bonds. The van der Waals surface area contributed by atoms with Crippen molar-refractivity contribution in [3.05, 3.63) is 70.5 Å². The number of rotatable bonds is 4. The summed E-state index contributed by atoms with van der Waals surface area (Å²) >= 11 is 13.8.